The molecule has 0 saturated heterocycles. The molecular weight excluding hydrogens is 400 g/mol. The average Bonchev–Trinajstić information content (AvgIpc) is 2.84. The molecule has 0 aliphatic carbocycles. The molecule has 5 heteroatoms. The third-order valence-electron chi connectivity index (χ3n) is 5.52. The summed E-state index contributed by atoms with van der Waals surface area (Å²) in [6.45, 7) is 4.89. The Balaban J connectivity index is 1.75. The number of hydrogen-bond donors (Lipinski definition) is 1. The van der Waals surface area contributed by atoms with Crippen molar-refractivity contribution in [2.45, 2.75) is 39.2 Å². The lowest BCUT2D eigenvalue weighted by molar-refractivity contribution is -0.142. The number of ether oxygens (including phenoxy) is 1. The van der Waals surface area contributed by atoms with E-state index >= 15 is 0 Å². The molecular formula is C27H32N2O3. The molecule has 32 heavy (non-hydrogen) atoms. The molecule has 1 N–H and O–H groups in total. The predicted molar refractivity (Wildman–Crippen MR) is 129 cm³/mol. The van der Waals surface area contributed by atoms with Gasteiger partial charge in [-0.1, -0.05) is 80.6 Å². The van der Waals surface area contributed by atoms with Crippen molar-refractivity contribution < 1.29 is 14.3 Å². The first-order valence-corrected chi connectivity index (χ1v) is 11.4. The Kier molecular flexibility index (Phi) is 8.67. The summed E-state index contributed by atoms with van der Waals surface area (Å²) in [6.07, 6.45) is 2.08. The van der Waals surface area contributed by atoms with Crippen LogP contribution in [-0.2, 0) is 16.0 Å². The number of fused-ring (bicyclic) bond motifs is 1. The van der Waals surface area contributed by atoms with Gasteiger partial charge in [-0.2, -0.15) is 0 Å². The molecule has 0 radical (unpaired) electrons. The Morgan fingerprint density at radius 1 is 0.938 bits per heavy atom. The smallest absolute Gasteiger partial charge is 0.261 e. The number of hydrogen-bond acceptors (Lipinski definition) is 3. The van der Waals surface area contributed by atoms with Gasteiger partial charge in [-0.3, -0.25) is 9.59 Å². The third-order valence-corrected chi connectivity index (χ3v) is 5.52. The minimum Gasteiger partial charge on any atom is -0.483 e. The highest BCUT2D eigenvalue weighted by molar-refractivity contribution is 5.90. The second kappa shape index (κ2) is 11.9. The Morgan fingerprint density at radius 2 is 1.66 bits per heavy atom. The maximum atomic E-state index is 13.3. The fourth-order valence-corrected chi connectivity index (χ4v) is 3.81. The average molecular weight is 433 g/mol. The quantitative estimate of drug-likeness (QED) is 0.482. The maximum Gasteiger partial charge on any atom is 0.261 e. The van der Waals surface area contributed by atoms with E-state index in [4.69, 9.17) is 4.74 Å². The molecule has 168 valence electrons. The van der Waals surface area contributed by atoms with E-state index in [1.807, 2.05) is 86.6 Å². The Morgan fingerprint density at radius 3 is 2.41 bits per heavy atom. The number of rotatable bonds is 11. The summed E-state index contributed by atoms with van der Waals surface area (Å²) >= 11 is 0. The van der Waals surface area contributed by atoms with Crippen LogP contribution in [0, 0.1) is 0 Å². The molecule has 0 unspecified atom stereocenters. The zero-order valence-corrected chi connectivity index (χ0v) is 18.9. The zero-order chi connectivity index (χ0) is 22.8. The molecule has 1 atom stereocenters. The maximum absolute atomic E-state index is 13.3. The van der Waals surface area contributed by atoms with Crippen molar-refractivity contribution in [1.82, 2.24) is 10.2 Å². The van der Waals surface area contributed by atoms with Gasteiger partial charge in [-0.15, -0.1) is 0 Å². The molecule has 3 rings (SSSR count). The standard InChI is InChI=1S/C27H32N2O3/c1-3-18-28-27(31)24(4-2)29(19-17-21-11-6-5-7-12-21)26(30)20-32-25-16-10-14-22-13-8-9-15-23(22)25/h5-16,24H,3-4,17-20H2,1-2H3,(H,28,31)/t24-/m1/s1. The van der Waals surface area contributed by atoms with Crippen LogP contribution in [0.3, 0.4) is 0 Å². The van der Waals surface area contributed by atoms with Gasteiger partial charge < -0.3 is 15.0 Å². The molecule has 0 aromatic heterocycles. The van der Waals surface area contributed by atoms with Crippen molar-refractivity contribution in [3.8, 4) is 5.75 Å². The molecule has 0 fully saturated rings. The van der Waals surface area contributed by atoms with Gasteiger partial charge in [0.1, 0.15) is 11.8 Å². The summed E-state index contributed by atoms with van der Waals surface area (Å²) in [5.41, 5.74) is 1.13. The van der Waals surface area contributed by atoms with Crippen molar-refractivity contribution >= 4 is 22.6 Å². The number of carbonyl (C=O) groups is 2. The van der Waals surface area contributed by atoms with Crippen LogP contribution >= 0.6 is 0 Å². The van der Waals surface area contributed by atoms with Crippen LogP contribution in [0.25, 0.3) is 10.8 Å². The predicted octanol–water partition coefficient (Wildman–Crippen LogP) is 4.59. The molecule has 3 aromatic carbocycles. The van der Waals surface area contributed by atoms with Crippen molar-refractivity contribution in [3.63, 3.8) is 0 Å². The van der Waals surface area contributed by atoms with Crippen molar-refractivity contribution in [2.24, 2.45) is 0 Å². The lowest BCUT2D eigenvalue weighted by atomic mass is 10.1. The Labute approximate surface area is 190 Å². The largest absolute Gasteiger partial charge is 0.483 e. The van der Waals surface area contributed by atoms with E-state index in [1.165, 1.54) is 0 Å². The Hall–Kier alpha value is -3.34. The fraction of sp³-hybridized carbons (Fsp3) is 0.333. The first kappa shape index (κ1) is 23.3. The summed E-state index contributed by atoms with van der Waals surface area (Å²) in [4.78, 5) is 27.7. The van der Waals surface area contributed by atoms with E-state index in [0.717, 1.165) is 22.8 Å². The highest BCUT2D eigenvalue weighted by atomic mass is 16.5. The monoisotopic (exact) mass is 432 g/mol. The van der Waals surface area contributed by atoms with Crippen molar-refractivity contribution in [3.05, 3.63) is 78.4 Å². The van der Waals surface area contributed by atoms with E-state index in [-0.39, 0.29) is 18.4 Å². The van der Waals surface area contributed by atoms with Crippen LogP contribution in [0.4, 0.5) is 0 Å². The van der Waals surface area contributed by atoms with E-state index in [9.17, 15) is 9.59 Å². The summed E-state index contributed by atoms with van der Waals surface area (Å²) in [5.74, 6) is 0.372. The molecule has 0 spiro atoms. The molecule has 0 aliphatic rings. The third kappa shape index (κ3) is 6.10. The van der Waals surface area contributed by atoms with Gasteiger partial charge >= 0.3 is 0 Å². The second-order valence-electron chi connectivity index (χ2n) is 7.80. The van der Waals surface area contributed by atoms with Gasteiger partial charge in [0.15, 0.2) is 6.61 Å². The minimum absolute atomic E-state index is 0.110. The highest BCUT2D eigenvalue weighted by Gasteiger charge is 2.28. The lowest BCUT2D eigenvalue weighted by Gasteiger charge is -2.30. The SMILES string of the molecule is CCCNC(=O)[C@@H](CC)N(CCc1ccccc1)C(=O)COc1cccc2ccccc12. The molecule has 0 aliphatic heterocycles. The topological polar surface area (TPSA) is 58.6 Å². The molecule has 3 aromatic rings. The number of nitrogens with one attached hydrogen (secondary N) is 1. The molecule has 5 nitrogen and oxygen atoms in total. The van der Waals surface area contributed by atoms with Crippen molar-refractivity contribution in [2.75, 3.05) is 19.7 Å². The van der Waals surface area contributed by atoms with Crippen LogP contribution in [0.15, 0.2) is 72.8 Å². The normalized spacial score (nSPS) is 11.7. The number of benzene rings is 3. The summed E-state index contributed by atoms with van der Waals surface area (Å²) in [6, 6.07) is 23.2. The van der Waals surface area contributed by atoms with E-state index in [0.29, 0.717) is 31.7 Å². The second-order valence-corrected chi connectivity index (χ2v) is 7.80. The van der Waals surface area contributed by atoms with Gasteiger partial charge in [0, 0.05) is 18.5 Å². The lowest BCUT2D eigenvalue weighted by Crippen LogP contribution is -2.51. The van der Waals surface area contributed by atoms with E-state index in [1.54, 1.807) is 4.90 Å². The fourth-order valence-electron chi connectivity index (χ4n) is 3.81. The van der Waals surface area contributed by atoms with Crippen LogP contribution < -0.4 is 10.1 Å². The molecule has 0 saturated carbocycles. The van der Waals surface area contributed by atoms with E-state index in [2.05, 4.69) is 5.32 Å². The highest BCUT2D eigenvalue weighted by Crippen LogP contribution is 2.25. The summed E-state index contributed by atoms with van der Waals surface area (Å²) in [5, 5.41) is 4.96. The first-order chi connectivity index (χ1) is 15.6. The van der Waals surface area contributed by atoms with E-state index < -0.39 is 6.04 Å². The van der Waals surface area contributed by atoms with Gasteiger partial charge in [-0.05, 0) is 36.3 Å². The Bertz CT molecular complexity index is 1010. The van der Waals surface area contributed by atoms with Gasteiger partial charge in [0.05, 0.1) is 0 Å². The minimum atomic E-state index is -0.520. The van der Waals surface area contributed by atoms with Gasteiger partial charge in [0.25, 0.3) is 5.91 Å². The van der Waals surface area contributed by atoms with Gasteiger partial charge in [-0.25, -0.2) is 0 Å². The van der Waals surface area contributed by atoms with Crippen LogP contribution in [0.1, 0.15) is 32.3 Å². The molecule has 2 amide bonds. The number of nitrogens with zero attached hydrogens (tertiary/aromatic N) is 1. The summed E-state index contributed by atoms with van der Waals surface area (Å²) < 4.78 is 5.95. The van der Waals surface area contributed by atoms with Crippen LogP contribution in [0.2, 0.25) is 0 Å². The van der Waals surface area contributed by atoms with Crippen molar-refractivity contribution in [1.29, 1.82) is 0 Å². The molecule has 0 heterocycles. The zero-order valence-electron chi connectivity index (χ0n) is 18.9. The van der Waals surface area contributed by atoms with Gasteiger partial charge in [0.2, 0.25) is 5.91 Å². The number of amides is 2. The molecule has 0 bridgehead atoms. The summed E-state index contributed by atoms with van der Waals surface area (Å²) in [7, 11) is 0. The first-order valence-electron chi connectivity index (χ1n) is 11.4. The van der Waals surface area contributed by atoms with Crippen LogP contribution in [-0.4, -0.2) is 42.5 Å². The van der Waals surface area contributed by atoms with Crippen LogP contribution in [0.5, 0.6) is 5.75 Å². The number of carbonyl (C=O) groups excluding carboxylic acids is 2.